The fourth-order valence-corrected chi connectivity index (χ4v) is 6.56. The Balaban J connectivity index is 4.42. The van der Waals surface area contributed by atoms with Crippen LogP contribution in [0.25, 0.3) is 0 Å². The average Bonchev–Trinajstić information content (AvgIpc) is 3.32. The normalized spacial score (nSPS) is 13.4. The summed E-state index contributed by atoms with van der Waals surface area (Å²) in [5.41, 5.74) is 0. The third-order valence-electron chi connectivity index (χ3n) is 10.4. The van der Waals surface area contributed by atoms with Gasteiger partial charge in [0.05, 0.1) is 6.61 Å². The van der Waals surface area contributed by atoms with Crippen molar-refractivity contribution in [2.45, 2.75) is 207 Å². The zero-order chi connectivity index (χ0) is 47.7. The van der Waals surface area contributed by atoms with E-state index in [1.165, 1.54) is 32.1 Å². The highest BCUT2D eigenvalue weighted by Crippen LogP contribution is 2.11. The quantitative estimate of drug-likeness (QED) is 0.0346. The van der Waals surface area contributed by atoms with Crippen LogP contribution in [0.2, 0.25) is 0 Å². The number of hydrogen-bond acceptors (Lipinski definition) is 5. The molecule has 0 aliphatic heterocycles. The van der Waals surface area contributed by atoms with Gasteiger partial charge in [0.1, 0.15) is 6.61 Å². The molecule has 5 heteroatoms. The van der Waals surface area contributed by atoms with Crippen molar-refractivity contribution in [1.82, 2.24) is 0 Å². The summed E-state index contributed by atoms with van der Waals surface area (Å²) in [6.07, 6.45) is 80.2. The van der Waals surface area contributed by atoms with Crippen molar-refractivity contribution in [2.24, 2.45) is 0 Å². The van der Waals surface area contributed by atoms with Crippen molar-refractivity contribution in [2.75, 3.05) is 19.8 Å². The van der Waals surface area contributed by atoms with Gasteiger partial charge in [0.15, 0.2) is 6.10 Å². The van der Waals surface area contributed by atoms with Crippen LogP contribution in [0.4, 0.5) is 0 Å². The predicted molar refractivity (Wildman–Crippen MR) is 288 cm³/mol. The second-order valence-corrected chi connectivity index (χ2v) is 16.6. The molecule has 1 unspecified atom stereocenters. The van der Waals surface area contributed by atoms with Gasteiger partial charge in [0.2, 0.25) is 0 Å². The molecule has 0 fully saturated rings. The molecule has 1 atom stereocenters. The number of esters is 2. The number of rotatable bonds is 46. The Labute approximate surface area is 406 Å². The minimum absolute atomic E-state index is 0.0291. The van der Waals surface area contributed by atoms with E-state index in [4.69, 9.17) is 14.2 Å². The fraction of sp³-hybridized carbons (Fsp3) is 0.574. The molecule has 0 amide bonds. The Morgan fingerprint density at radius 1 is 0.333 bits per heavy atom. The molecule has 0 bridgehead atoms. The number of carbonyl (C=O) groups is 2. The minimum Gasteiger partial charge on any atom is -0.462 e. The van der Waals surface area contributed by atoms with Crippen molar-refractivity contribution in [1.29, 1.82) is 0 Å². The first-order chi connectivity index (χ1) is 32.6. The van der Waals surface area contributed by atoms with Crippen molar-refractivity contribution >= 4 is 11.9 Å². The lowest BCUT2D eigenvalue weighted by molar-refractivity contribution is -0.162. The first-order valence-corrected chi connectivity index (χ1v) is 26.4. The van der Waals surface area contributed by atoms with Crippen LogP contribution < -0.4 is 0 Å². The average molecular weight is 909 g/mol. The lowest BCUT2D eigenvalue weighted by Crippen LogP contribution is -2.30. The van der Waals surface area contributed by atoms with Crippen LogP contribution in [0, 0.1) is 0 Å². The van der Waals surface area contributed by atoms with Gasteiger partial charge >= 0.3 is 11.9 Å². The van der Waals surface area contributed by atoms with Gasteiger partial charge in [-0.05, 0) is 122 Å². The van der Waals surface area contributed by atoms with E-state index in [1.807, 2.05) is 6.08 Å². The van der Waals surface area contributed by atoms with E-state index in [2.05, 4.69) is 161 Å². The van der Waals surface area contributed by atoms with Gasteiger partial charge in [-0.2, -0.15) is 0 Å². The third kappa shape index (κ3) is 52.4. The summed E-state index contributed by atoms with van der Waals surface area (Å²) in [6.45, 7) is 7.33. The zero-order valence-corrected chi connectivity index (χ0v) is 42.4. The van der Waals surface area contributed by atoms with E-state index in [0.29, 0.717) is 19.4 Å². The lowest BCUT2D eigenvalue weighted by Gasteiger charge is -2.18. The number of ether oxygens (including phenoxy) is 3. The summed E-state index contributed by atoms with van der Waals surface area (Å²) in [4.78, 5) is 25.4. The van der Waals surface area contributed by atoms with E-state index >= 15 is 0 Å². The first kappa shape index (κ1) is 61.8. The van der Waals surface area contributed by atoms with Crippen LogP contribution >= 0.6 is 0 Å². The Kier molecular flexibility index (Phi) is 51.6. The Bertz CT molecular complexity index is 1450. The van der Waals surface area contributed by atoms with Crippen LogP contribution in [0.5, 0.6) is 0 Å². The molecule has 0 N–H and O–H groups in total. The van der Waals surface area contributed by atoms with Crippen molar-refractivity contribution in [3.8, 4) is 0 Å². The number of allylic oxidation sites excluding steroid dienone is 24. The summed E-state index contributed by atoms with van der Waals surface area (Å²) in [7, 11) is 0. The molecule has 5 nitrogen and oxygen atoms in total. The van der Waals surface area contributed by atoms with Crippen LogP contribution in [0.3, 0.4) is 0 Å². The van der Waals surface area contributed by atoms with E-state index in [-0.39, 0.29) is 31.6 Å². The molecule has 0 spiro atoms. The molecule has 66 heavy (non-hydrogen) atoms. The lowest BCUT2D eigenvalue weighted by atomic mass is 10.1. The standard InChI is InChI=1S/C61H96O5/c1-4-7-10-13-16-19-22-25-27-29-30-31-33-35-38-41-44-47-50-53-56-64-57-59(66-61(63)55-52-49-46-43-40-36-24-21-18-15-12-9-6-3)58-65-60(62)54-51-48-45-42-39-37-34-32-28-26-23-20-17-14-11-8-5-2/h7-12,16-21,25-28,30-31,34,36-37,40,46,49,59H,4-6,13-15,22-24,29,32-33,35,38-39,41-45,47-48,50-58H2,1-3H3/b10-7-,11-8-,12-9-,19-16-,20-17-,21-18-,27-25-,28-26-,31-30-,37-34-,40-36-,49-46-. The van der Waals surface area contributed by atoms with Crippen molar-refractivity contribution in [3.63, 3.8) is 0 Å². The number of hydrogen-bond donors (Lipinski definition) is 0. The first-order valence-electron chi connectivity index (χ1n) is 26.4. The number of unbranched alkanes of at least 4 members (excludes halogenated alkanes) is 11. The van der Waals surface area contributed by atoms with Gasteiger partial charge in [0, 0.05) is 19.4 Å². The molecule has 0 saturated heterocycles. The van der Waals surface area contributed by atoms with Crippen molar-refractivity contribution in [3.05, 3.63) is 146 Å². The van der Waals surface area contributed by atoms with E-state index in [0.717, 1.165) is 128 Å². The van der Waals surface area contributed by atoms with Gasteiger partial charge in [-0.3, -0.25) is 9.59 Å². The molecule has 0 rings (SSSR count). The minimum atomic E-state index is -0.602. The largest absolute Gasteiger partial charge is 0.462 e. The number of carbonyl (C=O) groups excluding carboxylic acids is 2. The van der Waals surface area contributed by atoms with Crippen LogP contribution in [0.1, 0.15) is 201 Å². The molecule has 0 aromatic rings. The van der Waals surface area contributed by atoms with Crippen LogP contribution in [-0.2, 0) is 23.8 Å². The summed E-state index contributed by atoms with van der Waals surface area (Å²) in [5.74, 6) is -0.536. The molecule has 0 radical (unpaired) electrons. The summed E-state index contributed by atoms with van der Waals surface area (Å²) >= 11 is 0. The maximum absolute atomic E-state index is 12.8. The van der Waals surface area contributed by atoms with Crippen LogP contribution in [0.15, 0.2) is 146 Å². The van der Waals surface area contributed by atoms with E-state index in [1.54, 1.807) is 0 Å². The third-order valence-corrected chi connectivity index (χ3v) is 10.4. The van der Waals surface area contributed by atoms with E-state index < -0.39 is 6.10 Å². The molecule has 0 aliphatic rings. The van der Waals surface area contributed by atoms with Gasteiger partial charge in [-0.25, -0.2) is 0 Å². The highest BCUT2D eigenvalue weighted by Gasteiger charge is 2.17. The van der Waals surface area contributed by atoms with Gasteiger partial charge in [-0.1, -0.05) is 212 Å². The predicted octanol–water partition coefficient (Wildman–Crippen LogP) is 18.1. The van der Waals surface area contributed by atoms with E-state index in [9.17, 15) is 9.59 Å². The molecule has 370 valence electrons. The smallest absolute Gasteiger partial charge is 0.306 e. The SMILES string of the molecule is CC/C=C\C/C=C\C/C=C\C/C=C\CCCCCCCCCOCC(COC(=O)CCCCCC/C=C\C/C=C\C/C=C\C/C=C\CC)OC(=O)CC/C=C\C/C=C\C/C=C\C/C=C\CC. The Morgan fingerprint density at radius 3 is 1.08 bits per heavy atom. The molecule has 0 aromatic carbocycles. The zero-order valence-electron chi connectivity index (χ0n) is 42.4. The topological polar surface area (TPSA) is 61.8 Å². The Hall–Kier alpha value is -4.22. The molecule has 0 heterocycles. The monoisotopic (exact) mass is 909 g/mol. The summed E-state index contributed by atoms with van der Waals surface area (Å²) < 4.78 is 17.3. The molecular weight excluding hydrogens is 813 g/mol. The Morgan fingerprint density at radius 2 is 0.667 bits per heavy atom. The van der Waals surface area contributed by atoms with Crippen LogP contribution in [-0.4, -0.2) is 37.9 Å². The molecule has 0 saturated carbocycles. The van der Waals surface area contributed by atoms with Gasteiger partial charge in [0.25, 0.3) is 0 Å². The highest BCUT2D eigenvalue weighted by molar-refractivity contribution is 5.70. The molecule has 0 aromatic heterocycles. The van der Waals surface area contributed by atoms with Gasteiger partial charge in [-0.15, -0.1) is 0 Å². The fourth-order valence-electron chi connectivity index (χ4n) is 6.56. The maximum Gasteiger partial charge on any atom is 0.306 e. The maximum atomic E-state index is 12.8. The second kappa shape index (κ2) is 55.1. The summed E-state index contributed by atoms with van der Waals surface area (Å²) in [5, 5.41) is 0. The molecule has 0 aliphatic carbocycles. The molecular formula is C61H96O5. The van der Waals surface area contributed by atoms with Crippen molar-refractivity contribution < 1.29 is 23.8 Å². The van der Waals surface area contributed by atoms with Gasteiger partial charge < -0.3 is 14.2 Å². The highest BCUT2D eigenvalue weighted by atomic mass is 16.6. The summed E-state index contributed by atoms with van der Waals surface area (Å²) in [6, 6.07) is 0. The second-order valence-electron chi connectivity index (χ2n) is 16.6.